The maximum atomic E-state index is 12.1. The summed E-state index contributed by atoms with van der Waals surface area (Å²) in [6.07, 6.45) is 0.934. The molecule has 0 radical (unpaired) electrons. The molecule has 0 aliphatic carbocycles. The molecule has 0 saturated carbocycles. The lowest BCUT2D eigenvalue weighted by molar-refractivity contribution is -0.141. The summed E-state index contributed by atoms with van der Waals surface area (Å²) in [5.41, 5.74) is 0. The third-order valence-corrected chi connectivity index (χ3v) is 4.36. The van der Waals surface area contributed by atoms with E-state index < -0.39 is 11.2 Å². The SMILES string of the molecule is CCC(C)N1C(=O)CC(SC(C)CC(=O)O)C1=O. The van der Waals surface area contributed by atoms with Crippen LogP contribution >= 0.6 is 11.8 Å². The van der Waals surface area contributed by atoms with Crippen molar-refractivity contribution >= 4 is 29.5 Å². The van der Waals surface area contributed by atoms with E-state index in [0.29, 0.717) is 0 Å². The van der Waals surface area contributed by atoms with Crippen molar-refractivity contribution in [1.29, 1.82) is 0 Å². The number of nitrogens with zero attached hydrogens (tertiary/aromatic N) is 1. The van der Waals surface area contributed by atoms with Crippen molar-refractivity contribution in [2.24, 2.45) is 0 Å². The van der Waals surface area contributed by atoms with E-state index >= 15 is 0 Å². The smallest absolute Gasteiger partial charge is 0.304 e. The van der Waals surface area contributed by atoms with Crippen LogP contribution in [0.2, 0.25) is 0 Å². The van der Waals surface area contributed by atoms with Gasteiger partial charge < -0.3 is 5.11 Å². The van der Waals surface area contributed by atoms with E-state index in [1.807, 2.05) is 13.8 Å². The fourth-order valence-corrected chi connectivity index (χ4v) is 3.22. The summed E-state index contributed by atoms with van der Waals surface area (Å²) in [6, 6.07) is -0.0784. The van der Waals surface area contributed by atoms with Crippen LogP contribution in [0.5, 0.6) is 0 Å². The van der Waals surface area contributed by atoms with Gasteiger partial charge in [0.1, 0.15) is 0 Å². The highest BCUT2D eigenvalue weighted by Crippen LogP contribution is 2.31. The first-order valence-corrected chi connectivity index (χ1v) is 7.04. The Morgan fingerprint density at radius 2 is 2.11 bits per heavy atom. The molecule has 102 valence electrons. The quantitative estimate of drug-likeness (QED) is 0.742. The fourth-order valence-electron chi connectivity index (χ4n) is 1.95. The Kier molecular flexibility index (Phi) is 5.19. The third kappa shape index (κ3) is 3.48. The topological polar surface area (TPSA) is 74.7 Å². The number of imide groups is 1. The van der Waals surface area contributed by atoms with Gasteiger partial charge in [-0.15, -0.1) is 11.8 Å². The highest BCUT2D eigenvalue weighted by Gasteiger charge is 2.41. The number of aliphatic carboxylic acids is 1. The number of carboxylic acids is 1. The van der Waals surface area contributed by atoms with E-state index in [1.54, 1.807) is 6.92 Å². The van der Waals surface area contributed by atoms with E-state index in [-0.39, 0.29) is 35.9 Å². The van der Waals surface area contributed by atoms with E-state index in [4.69, 9.17) is 5.11 Å². The fraction of sp³-hybridized carbons (Fsp3) is 0.750. The second-order valence-corrected chi connectivity index (χ2v) is 6.24. The van der Waals surface area contributed by atoms with Gasteiger partial charge in [-0.05, 0) is 13.3 Å². The molecule has 0 aromatic heterocycles. The predicted molar refractivity (Wildman–Crippen MR) is 69.3 cm³/mol. The molecule has 0 spiro atoms. The van der Waals surface area contributed by atoms with Crippen molar-refractivity contribution in [2.75, 3.05) is 0 Å². The maximum Gasteiger partial charge on any atom is 0.304 e. The third-order valence-electron chi connectivity index (χ3n) is 3.03. The molecule has 1 aliphatic rings. The molecular weight excluding hydrogens is 254 g/mol. The first-order valence-electron chi connectivity index (χ1n) is 6.10. The standard InChI is InChI=1S/C12H19NO4S/c1-4-7(2)13-10(14)6-9(12(13)17)18-8(3)5-11(15)16/h7-9H,4-6H2,1-3H3,(H,15,16). The van der Waals surface area contributed by atoms with E-state index in [0.717, 1.165) is 6.42 Å². The van der Waals surface area contributed by atoms with Crippen LogP contribution in [0.15, 0.2) is 0 Å². The summed E-state index contributed by atoms with van der Waals surface area (Å²) in [5.74, 6) is -1.20. The van der Waals surface area contributed by atoms with Crippen LogP contribution in [0.3, 0.4) is 0 Å². The highest BCUT2D eigenvalue weighted by molar-refractivity contribution is 8.01. The molecular formula is C12H19NO4S. The molecule has 2 amide bonds. The lowest BCUT2D eigenvalue weighted by atomic mass is 10.2. The van der Waals surface area contributed by atoms with Gasteiger partial charge >= 0.3 is 5.97 Å². The summed E-state index contributed by atoms with van der Waals surface area (Å²) in [7, 11) is 0. The monoisotopic (exact) mass is 273 g/mol. The molecule has 18 heavy (non-hydrogen) atoms. The van der Waals surface area contributed by atoms with Crippen molar-refractivity contribution in [3.63, 3.8) is 0 Å². The Labute approximate surface area is 111 Å². The minimum atomic E-state index is -0.884. The lowest BCUT2D eigenvalue weighted by Crippen LogP contribution is -2.38. The second kappa shape index (κ2) is 6.22. The van der Waals surface area contributed by atoms with Crippen LogP contribution in [0.1, 0.15) is 40.0 Å². The van der Waals surface area contributed by atoms with E-state index in [9.17, 15) is 14.4 Å². The van der Waals surface area contributed by atoms with E-state index in [1.165, 1.54) is 16.7 Å². The van der Waals surface area contributed by atoms with Crippen molar-refractivity contribution in [1.82, 2.24) is 4.90 Å². The second-order valence-electron chi connectivity index (χ2n) is 4.60. The number of likely N-dealkylation sites (tertiary alicyclic amines) is 1. The van der Waals surface area contributed by atoms with Gasteiger partial charge in [0.25, 0.3) is 0 Å². The van der Waals surface area contributed by atoms with Crippen LogP contribution in [-0.2, 0) is 14.4 Å². The minimum absolute atomic E-state index is 0.00592. The van der Waals surface area contributed by atoms with Crippen LogP contribution in [0.25, 0.3) is 0 Å². The molecule has 1 fully saturated rings. The maximum absolute atomic E-state index is 12.1. The Morgan fingerprint density at radius 1 is 1.50 bits per heavy atom. The molecule has 0 aromatic carbocycles. The number of hydrogen-bond donors (Lipinski definition) is 1. The summed E-state index contributed by atoms with van der Waals surface area (Å²) in [4.78, 5) is 35.7. The Balaban J connectivity index is 2.63. The first-order chi connectivity index (χ1) is 8.36. The number of carbonyl (C=O) groups excluding carboxylic acids is 2. The van der Waals surface area contributed by atoms with Crippen molar-refractivity contribution < 1.29 is 19.5 Å². The van der Waals surface area contributed by atoms with Crippen molar-refractivity contribution in [2.45, 2.75) is 56.6 Å². The molecule has 0 bridgehead atoms. The summed E-state index contributed by atoms with van der Waals surface area (Å²) in [6.45, 7) is 5.55. The van der Waals surface area contributed by atoms with Crippen LogP contribution in [0, 0.1) is 0 Å². The van der Waals surface area contributed by atoms with Gasteiger partial charge in [0.2, 0.25) is 11.8 Å². The van der Waals surface area contributed by atoms with Gasteiger partial charge in [-0.1, -0.05) is 13.8 Å². The lowest BCUT2D eigenvalue weighted by Gasteiger charge is -2.21. The Hall–Kier alpha value is -1.04. The largest absolute Gasteiger partial charge is 0.481 e. The predicted octanol–water partition coefficient (Wildman–Crippen LogP) is 1.51. The molecule has 1 heterocycles. The molecule has 3 unspecified atom stereocenters. The molecule has 1 aliphatic heterocycles. The molecule has 5 nitrogen and oxygen atoms in total. The van der Waals surface area contributed by atoms with Crippen molar-refractivity contribution in [3.05, 3.63) is 0 Å². The van der Waals surface area contributed by atoms with Crippen LogP contribution < -0.4 is 0 Å². The average Bonchev–Trinajstić information content (AvgIpc) is 2.52. The van der Waals surface area contributed by atoms with Crippen molar-refractivity contribution in [3.8, 4) is 0 Å². The molecule has 1 saturated heterocycles. The molecule has 3 atom stereocenters. The minimum Gasteiger partial charge on any atom is -0.481 e. The van der Waals surface area contributed by atoms with Gasteiger partial charge in [-0.2, -0.15) is 0 Å². The van der Waals surface area contributed by atoms with Gasteiger partial charge in [-0.3, -0.25) is 19.3 Å². The average molecular weight is 273 g/mol. The van der Waals surface area contributed by atoms with Gasteiger partial charge in [0.15, 0.2) is 0 Å². The first kappa shape index (κ1) is 15.0. The zero-order valence-corrected chi connectivity index (χ0v) is 11.7. The number of hydrogen-bond acceptors (Lipinski definition) is 4. The van der Waals surface area contributed by atoms with Gasteiger partial charge in [0.05, 0.1) is 11.7 Å². The number of thioether (sulfide) groups is 1. The number of rotatable bonds is 6. The molecule has 1 N–H and O–H groups in total. The van der Waals surface area contributed by atoms with Crippen LogP contribution in [-0.4, -0.2) is 44.3 Å². The molecule has 1 rings (SSSR count). The Morgan fingerprint density at radius 3 is 2.61 bits per heavy atom. The van der Waals surface area contributed by atoms with Gasteiger partial charge in [-0.25, -0.2) is 0 Å². The summed E-state index contributed by atoms with van der Waals surface area (Å²) >= 11 is 1.29. The number of amides is 2. The zero-order chi connectivity index (χ0) is 13.9. The van der Waals surface area contributed by atoms with E-state index in [2.05, 4.69) is 0 Å². The number of carboxylic acid groups (broad SMARTS) is 1. The molecule has 6 heteroatoms. The highest BCUT2D eigenvalue weighted by atomic mass is 32.2. The Bertz CT molecular complexity index is 358. The van der Waals surface area contributed by atoms with Crippen LogP contribution in [0.4, 0.5) is 0 Å². The molecule has 0 aromatic rings. The normalized spacial score (nSPS) is 23.3. The summed E-state index contributed by atoms with van der Waals surface area (Å²) in [5, 5.41) is 8.10. The number of carbonyl (C=O) groups is 3. The summed E-state index contributed by atoms with van der Waals surface area (Å²) < 4.78 is 0. The zero-order valence-electron chi connectivity index (χ0n) is 10.9. The van der Waals surface area contributed by atoms with Gasteiger partial charge in [0, 0.05) is 17.7 Å².